The Balaban J connectivity index is 1.49. The molecule has 0 saturated carbocycles. The number of rotatable bonds is 7. The molecule has 0 atom stereocenters. The molecule has 2 heterocycles. The van der Waals surface area contributed by atoms with Crippen molar-refractivity contribution in [2.24, 2.45) is 0 Å². The summed E-state index contributed by atoms with van der Waals surface area (Å²) >= 11 is 0. The van der Waals surface area contributed by atoms with Crippen LogP contribution in [-0.2, 0) is 6.54 Å². The molecule has 8 nitrogen and oxygen atoms in total. The molecule has 3 aromatic rings. The molecular formula is C21H22N4O4. The van der Waals surface area contributed by atoms with Gasteiger partial charge in [0.2, 0.25) is 6.79 Å². The van der Waals surface area contributed by atoms with E-state index >= 15 is 0 Å². The zero-order valence-electron chi connectivity index (χ0n) is 16.5. The number of nitrogens with zero attached hydrogens (tertiary/aromatic N) is 2. The summed E-state index contributed by atoms with van der Waals surface area (Å²) < 4.78 is 21.5. The highest BCUT2D eigenvalue weighted by atomic mass is 16.7. The fourth-order valence-electron chi connectivity index (χ4n) is 3.01. The Morgan fingerprint density at radius 1 is 0.931 bits per heavy atom. The van der Waals surface area contributed by atoms with Gasteiger partial charge in [-0.2, -0.15) is 0 Å². The lowest BCUT2D eigenvalue weighted by Gasteiger charge is -2.13. The molecule has 4 rings (SSSR count). The monoisotopic (exact) mass is 394 g/mol. The molecule has 0 radical (unpaired) electrons. The number of benzene rings is 2. The van der Waals surface area contributed by atoms with E-state index in [-0.39, 0.29) is 6.79 Å². The summed E-state index contributed by atoms with van der Waals surface area (Å²) in [6, 6.07) is 13.3. The highest BCUT2D eigenvalue weighted by Gasteiger charge is 2.13. The molecule has 2 aromatic carbocycles. The molecule has 1 aliphatic rings. The average Bonchev–Trinajstić information content (AvgIpc) is 3.20. The predicted molar refractivity (Wildman–Crippen MR) is 109 cm³/mol. The number of ether oxygens (including phenoxy) is 4. The van der Waals surface area contributed by atoms with Gasteiger partial charge in [-0.3, -0.25) is 0 Å². The number of hydrogen-bond acceptors (Lipinski definition) is 8. The van der Waals surface area contributed by atoms with E-state index in [1.807, 2.05) is 49.4 Å². The third kappa shape index (κ3) is 4.26. The normalized spacial score (nSPS) is 11.8. The summed E-state index contributed by atoms with van der Waals surface area (Å²) in [7, 11) is 3.23. The second-order valence-electron chi connectivity index (χ2n) is 6.42. The second kappa shape index (κ2) is 8.14. The average molecular weight is 394 g/mol. The van der Waals surface area contributed by atoms with E-state index < -0.39 is 0 Å². The third-order valence-corrected chi connectivity index (χ3v) is 4.42. The molecule has 0 bridgehead atoms. The molecule has 0 fully saturated rings. The molecule has 1 aromatic heterocycles. The molecule has 8 heteroatoms. The van der Waals surface area contributed by atoms with Crippen molar-refractivity contribution in [3.8, 4) is 23.0 Å². The highest BCUT2D eigenvalue weighted by molar-refractivity contribution is 5.67. The Labute approximate surface area is 168 Å². The Hall–Kier alpha value is -3.68. The fraction of sp³-hybridized carbons (Fsp3) is 0.238. The van der Waals surface area contributed by atoms with E-state index in [1.165, 1.54) is 0 Å². The standard InChI is InChI=1S/C21H22N4O4/c1-13-23-20(22-11-14-4-7-17-19(8-14)29-12-28-17)10-21(24-13)25-16-6-5-15(26-2)9-18(16)27-3/h4-10H,11-12H2,1-3H3,(H2,22,23,24,25). The van der Waals surface area contributed by atoms with E-state index in [0.717, 1.165) is 28.5 Å². The lowest BCUT2D eigenvalue weighted by molar-refractivity contribution is 0.174. The van der Waals surface area contributed by atoms with Crippen LogP contribution in [0, 0.1) is 6.92 Å². The van der Waals surface area contributed by atoms with Gasteiger partial charge in [-0.25, -0.2) is 9.97 Å². The Morgan fingerprint density at radius 2 is 1.76 bits per heavy atom. The Bertz CT molecular complexity index is 1030. The van der Waals surface area contributed by atoms with Crippen molar-refractivity contribution >= 4 is 17.3 Å². The van der Waals surface area contributed by atoms with Crippen LogP contribution in [-0.4, -0.2) is 31.0 Å². The molecule has 2 N–H and O–H groups in total. The van der Waals surface area contributed by atoms with Crippen LogP contribution in [0.4, 0.5) is 17.3 Å². The molecule has 0 spiro atoms. The maximum absolute atomic E-state index is 5.44. The van der Waals surface area contributed by atoms with Crippen LogP contribution in [0.5, 0.6) is 23.0 Å². The van der Waals surface area contributed by atoms with Crippen LogP contribution in [0.15, 0.2) is 42.5 Å². The molecule has 0 aliphatic carbocycles. The van der Waals surface area contributed by atoms with Crippen molar-refractivity contribution in [2.75, 3.05) is 31.6 Å². The van der Waals surface area contributed by atoms with Gasteiger partial charge < -0.3 is 29.6 Å². The van der Waals surface area contributed by atoms with Crippen molar-refractivity contribution in [1.82, 2.24) is 9.97 Å². The van der Waals surface area contributed by atoms with Gasteiger partial charge in [0.15, 0.2) is 11.5 Å². The maximum atomic E-state index is 5.44. The van der Waals surface area contributed by atoms with Crippen molar-refractivity contribution in [2.45, 2.75) is 13.5 Å². The SMILES string of the molecule is COc1ccc(Nc2cc(NCc3ccc4c(c3)OCO4)nc(C)n2)c(OC)c1. The second-order valence-corrected chi connectivity index (χ2v) is 6.42. The Kier molecular flexibility index (Phi) is 5.24. The molecule has 0 amide bonds. The topological polar surface area (TPSA) is 86.8 Å². The summed E-state index contributed by atoms with van der Waals surface area (Å²) in [6.07, 6.45) is 0. The van der Waals surface area contributed by atoms with E-state index in [2.05, 4.69) is 20.6 Å². The van der Waals surface area contributed by atoms with Crippen molar-refractivity contribution in [3.63, 3.8) is 0 Å². The largest absolute Gasteiger partial charge is 0.497 e. The quantitative estimate of drug-likeness (QED) is 0.624. The number of nitrogens with one attached hydrogen (secondary N) is 2. The first-order chi connectivity index (χ1) is 14.1. The molecule has 0 unspecified atom stereocenters. The first-order valence-corrected chi connectivity index (χ1v) is 9.12. The van der Waals surface area contributed by atoms with Crippen LogP contribution in [0.1, 0.15) is 11.4 Å². The summed E-state index contributed by atoms with van der Waals surface area (Å²) in [6.45, 7) is 2.71. The van der Waals surface area contributed by atoms with Crippen LogP contribution in [0.2, 0.25) is 0 Å². The van der Waals surface area contributed by atoms with Crippen LogP contribution >= 0.6 is 0 Å². The zero-order valence-corrected chi connectivity index (χ0v) is 16.5. The number of methoxy groups -OCH3 is 2. The summed E-state index contributed by atoms with van der Waals surface area (Å²) in [4.78, 5) is 8.93. The minimum absolute atomic E-state index is 0.265. The third-order valence-electron chi connectivity index (χ3n) is 4.42. The van der Waals surface area contributed by atoms with Crippen molar-refractivity contribution in [1.29, 1.82) is 0 Å². The highest BCUT2D eigenvalue weighted by Crippen LogP contribution is 2.33. The number of aromatic nitrogens is 2. The van der Waals surface area contributed by atoms with Crippen molar-refractivity contribution in [3.05, 3.63) is 53.9 Å². The zero-order chi connectivity index (χ0) is 20.2. The summed E-state index contributed by atoms with van der Waals surface area (Å²) in [5.74, 6) is 4.94. The minimum atomic E-state index is 0.265. The Morgan fingerprint density at radius 3 is 2.59 bits per heavy atom. The van der Waals surface area contributed by atoms with Gasteiger partial charge in [0.1, 0.15) is 29.0 Å². The predicted octanol–water partition coefficient (Wildman–Crippen LogP) is 3.89. The van der Waals surface area contributed by atoms with Crippen LogP contribution < -0.4 is 29.6 Å². The van der Waals surface area contributed by atoms with E-state index in [1.54, 1.807) is 14.2 Å². The maximum Gasteiger partial charge on any atom is 0.231 e. The smallest absolute Gasteiger partial charge is 0.231 e. The minimum Gasteiger partial charge on any atom is -0.497 e. The van der Waals surface area contributed by atoms with Crippen LogP contribution in [0.3, 0.4) is 0 Å². The van der Waals surface area contributed by atoms with E-state index in [9.17, 15) is 0 Å². The molecular weight excluding hydrogens is 372 g/mol. The molecule has 150 valence electrons. The number of anilines is 3. The van der Waals surface area contributed by atoms with Gasteiger partial charge >= 0.3 is 0 Å². The lowest BCUT2D eigenvalue weighted by Crippen LogP contribution is -2.05. The number of hydrogen-bond donors (Lipinski definition) is 2. The molecule has 1 aliphatic heterocycles. The first-order valence-electron chi connectivity index (χ1n) is 9.12. The number of fused-ring (bicyclic) bond motifs is 1. The lowest BCUT2D eigenvalue weighted by atomic mass is 10.2. The van der Waals surface area contributed by atoms with Crippen molar-refractivity contribution < 1.29 is 18.9 Å². The fourth-order valence-corrected chi connectivity index (χ4v) is 3.01. The summed E-state index contributed by atoms with van der Waals surface area (Å²) in [5.41, 5.74) is 1.85. The number of aryl methyl sites for hydroxylation is 1. The van der Waals surface area contributed by atoms with Gasteiger partial charge in [0.25, 0.3) is 0 Å². The van der Waals surface area contributed by atoms with Gasteiger partial charge in [0, 0.05) is 18.7 Å². The summed E-state index contributed by atoms with van der Waals surface area (Å²) in [5, 5.41) is 6.61. The van der Waals surface area contributed by atoms with Gasteiger partial charge in [-0.1, -0.05) is 6.07 Å². The van der Waals surface area contributed by atoms with Crippen LogP contribution in [0.25, 0.3) is 0 Å². The van der Waals surface area contributed by atoms with E-state index in [4.69, 9.17) is 18.9 Å². The van der Waals surface area contributed by atoms with Gasteiger partial charge in [-0.05, 0) is 36.8 Å². The van der Waals surface area contributed by atoms with E-state index in [0.29, 0.717) is 29.8 Å². The molecule has 29 heavy (non-hydrogen) atoms. The van der Waals surface area contributed by atoms with Gasteiger partial charge in [0.05, 0.1) is 19.9 Å². The first kappa shape index (κ1) is 18.7. The van der Waals surface area contributed by atoms with Gasteiger partial charge in [-0.15, -0.1) is 0 Å². The molecule has 0 saturated heterocycles.